The van der Waals surface area contributed by atoms with Crippen LogP contribution in [0.3, 0.4) is 0 Å². The molecule has 0 fully saturated rings. The summed E-state index contributed by atoms with van der Waals surface area (Å²) in [6.45, 7) is 0.172. The fourth-order valence-electron chi connectivity index (χ4n) is 1.32. The van der Waals surface area contributed by atoms with E-state index in [0.717, 1.165) is 0 Å². The molecule has 0 saturated heterocycles. The van der Waals surface area contributed by atoms with Crippen LogP contribution in [0, 0.1) is 6.92 Å². The van der Waals surface area contributed by atoms with Crippen molar-refractivity contribution in [3.05, 3.63) is 29.3 Å². The second-order valence-electron chi connectivity index (χ2n) is 3.29. The molecule has 16 heavy (non-hydrogen) atoms. The van der Waals surface area contributed by atoms with E-state index in [1.54, 1.807) is 6.92 Å². The van der Waals surface area contributed by atoms with E-state index >= 15 is 0 Å². The van der Waals surface area contributed by atoms with E-state index in [1.165, 1.54) is 25.1 Å². The molecule has 0 saturated carbocycles. The third-order valence-corrected chi connectivity index (χ3v) is 2.33. The number of rotatable bonds is 4. The van der Waals surface area contributed by atoms with Gasteiger partial charge in [0.2, 0.25) is 0 Å². The molecule has 0 aromatic heterocycles. The number of halogens is 3. The summed E-state index contributed by atoms with van der Waals surface area (Å²) in [5.74, 6) is -0.308. The first-order valence-corrected chi connectivity index (χ1v) is 5.10. The summed E-state index contributed by atoms with van der Waals surface area (Å²) in [5, 5.41) is -0.694. The minimum absolute atomic E-state index is 0.00170. The van der Waals surface area contributed by atoms with Gasteiger partial charge in [-0.3, -0.25) is 4.79 Å². The first-order chi connectivity index (χ1) is 7.43. The largest absolute Gasteiger partial charge is 0.435 e. The second kappa shape index (κ2) is 5.25. The van der Waals surface area contributed by atoms with Crippen LogP contribution >= 0.6 is 11.6 Å². The summed E-state index contributed by atoms with van der Waals surface area (Å²) >= 11 is 5.65. The lowest BCUT2D eigenvalue weighted by Crippen LogP contribution is -2.13. The van der Waals surface area contributed by atoms with Crippen molar-refractivity contribution in [2.45, 2.75) is 25.8 Å². The molecule has 0 bridgehead atoms. The van der Waals surface area contributed by atoms with Crippen LogP contribution in [-0.2, 0) is 0 Å². The number of Topliss-reactive ketones (excluding diaryl/α,β-unsaturated/α-hetero) is 1. The minimum Gasteiger partial charge on any atom is -0.435 e. The van der Waals surface area contributed by atoms with Crippen molar-refractivity contribution in [2.24, 2.45) is 0 Å². The normalized spacial score (nSPS) is 12.6. The number of carbonyl (C=O) groups excluding carboxylic acids is 1. The van der Waals surface area contributed by atoms with Crippen LogP contribution < -0.4 is 4.74 Å². The van der Waals surface area contributed by atoms with Crippen LogP contribution in [0.15, 0.2) is 18.2 Å². The molecule has 1 aromatic carbocycles. The number of ether oxygens (including phenoxy) is 1. The van der Waals surface area contributed by atoms with E-state index in [1.807, 2.05) is 0 Å². The Hall–Kier alpha value is -1.16. The molecule has 88 valence electrons. The molecule has 0 aliphatic rings. The van der Waals surface area contributed by atoms with Crippen LogP contribution in [0.1, 0.15) is 22.8 Å². The van der Waals surface area contributed by atoms with Crippen molar-refractivity contribution in [3.8, 4) is 5.75 Å². The summed E-state index contributed by atoms with van der Waals surface area (Å²) < 4.78 is 28.4. The third kappa shape index (κ3) is 2.92. The Labute approximate surface area is 97.2 Å². The Morgan fingerprint density at radius 3 is 2.56 bits per heavy atom. The molecule has 2 nitrogen and oxygen atoms in total. The van der Waals surface area contributed by atoms with E-state index in [0.29, 0.717) is 11.1 Å². The molecule has 0 amide bonds. The first-order valence-electron chi connectivity index (χ1n) is 4.66. The van der Waals surface area contributed by atoms with E-state index in [-0.39, 0.29) is 11.5 Å². The average molecular weight is 249 g/mol. The number of hydrogen-bond donors (Lipinski definition) is 0. The molecule has 0 aliphatic heterocycles. The third-order valence-electron chi connectivity index (χ3n) is 2.13. The van der Waals surface area contributed by atoms with Gasteiger partial charge in [-0.05, 0) is 19.9 Å². The molecular weight excluding hydrogens is 238 g/mol. The average Bonchev–Trinajstić information content (AvgIpc) is 2.19. The van der Waals surface area contributed by atoms with Gasteiger partial charge in [-0.2, -0.15) is 8.78 Å². The summed E-state index contributed by atoms with van der Waals surface area (Å²) in [7, 11) is 0. The van der Waals surface area contributed by atoms with E-state index < -0.39 is 12.0 Å². The maximum absolute atomic E-state index is 12.1. The first kappa shape index (κ1) is 12.9. The van der Waals surface area contributed by atoms with Gasteiger partial charge in [-0.25, -0.2) is 0 Å². The zero-order valence-electron chi connectivity index (χ0n) is 8.84. The monoisotopic (exact) mass is 248 g/mol. The highest BCUT2D eigenvalue weighted by atomic mass is 35.5. The quantitative estimate of drug-likeness (QED) is 0.603. The van der Waals surface area contributed by atoms with Crippen molar-refractivity contribution in [2.75, 3.05) is 0 Å². The standard InChI is InChI=1S/C11H11ClF2O2/c1-6-8(10(15)7(2)12)4-3-5-9(6)16-11(13)14/h3-5,7,11H,1-2H3. The predicted octanol–water partition coefficient (Wildman–Crippen LogP) is 3.41. The fourth-order valence-corrected chi connectivity index (χ4v) is 1.44. The van der Waals surface area contributed by atoms with Gasteiger partial charge in [-0.15, -0.1) is 11.6 Å². The van der Waals surface area contributed by atoms with Crippen LogP contribution in [0.25, 0.3) is 0 Å². The van der Waals surface area contributed by atoms with Gasteiger partial charge >= 0.3 is 6.61 Å². The lowest BCUT2D eigenvalue weighted by molar-refractivity contribution is -0.0503. The van der Waals surface area contributed by atoms with Crippen LogP contribution in [-0.4, -0.2) is 17.8 Å². The Morgan fingerprint density at radius 2 is 2.06 bits per heavy atom. The molecule has 0 N–H and O–H groups in total. The predicted molar refractivity (Wildman–Crippen MR) is 57.5 cm³/mol. The lowest BCUT2D eigenvalue weighted by Gasteiger charge is -2.11. The summed E-state index contributed by atoms with van der Waals surface area (Å²) in [6, 6.07) is 4.41. The van der Waals surface area contributed by atoms with Crippen molar-refractivity contribution in [3.63, 3.8) is 0 Å². The Bertz CT molecular complexity index is 392. The molecule has 0 heterocycles. The van der Waals surface area contributed by atoms with Crippen LogP contribution in [0.4, 0.5) is 8.78 Å². The van der Waals surface area contributed by atoms with Crippen molar-refractivity contribution in [1.82, 2.24) is 0 Å². The number of hydrogen-bond acceptors (Lipinski definition) is 2. The van der Waals surface area contributed by atoms with Gasteiger partial charge in [-0.1, -0.05) is 12.1 Å². The van der Waals surface area contributed by atoms with Gasteiger partial charge in [0.05, 0.1) is 5.38 Å². The highest BCUT2D eigenvalue weighted by Gasteiger charge is 2.17. The SMILES string of the molecule is Cc1c(OC(F)F)cccc1C(=O)C(C)Cl. The second-order valence-corrected chi connectivity index (χ2v) is 3.94. The van der Waals surface area contributed by atoms with Crippen molar-refractivity contribution >= 4 is 17.4 Å². The molecular formula is C11H11ClF2O2. The number of carbonyl (C=O) groups is 1. The van der Waals surface area contributed by atoms with Crippen molar-refractivity contribution in [1.29, 1.82) is 0 Å². The molecule has 0 spiro atoms. The maximum Gasteiger partial charge on any atom is 0.387 e. The van der Waals surface area contributed by atoms with E-state index in [9.17, 15) is 13.6 Å². The lowest BCUT2D eigenvalue weighted by atomic mass is 10.0. The molecule has 1 atom stereocenters. The maximum atomic E-state index is 12.1. The summed E-state index contributed by atoms with van der Waals surface area (Å²) in [4.78, 5) is 11.6. The highest BCUT2D eigenvalue weighted by molar-refractivity contribution is 6.33. The van der Waals surface area contributed by atoms with Gasteiger partial charge in [0.15, 0.2) is 5.78 Å². The fraction of sp³-hybridized carbons (Fsp3) is 0.364. The number of benzene rings is 1. The summed E-state index contributed by atoms with van der Waals surface area (Å²) in [6.07, 6.45) is 0. The number of alkyl halides is 3. The van der Waals surface area contributed by atoms with Gasteiger partial charge in [0.25, 0.3) is 0 Å². The van der Waals surface area contributed by atoms with Crippen molar-refractivity contribution < 1.29 is 18.3 Å². The molecule has 0 aliphatic carbocycles. The van der Waals surface area contributed by atoms with Gasteiger partial charge in [0, 0.05) is 11.1 Å². The zero-order chi connectivity index (χ0) is 12.3. The number of ketones is 1. The molecule has 1 aromatic rings. The van der Waals surface area contributed by atoms with Crippen LogP contribution in [0.5, 0.6) is 5.75 Å². The minimum atomic E-state index is -2.91. The summed E-state index contributed by atoms with van der Waals surface area (Å²) in [5.41, 5.74) is 0.681. The van der Waals surface area contributed by atoms with E-state index in [4.69, 9.17) is 11.6 Å². The highest BCUT2D eigenvalue weighted by Crippen LogP contribution is 2.24. The Balaban J connectivity index is 3.08. The smallest absolute Gasteiger partial charge is 0.387 e. The zero-order valence-corrected chi connectivity index (χ0v) is 9.59. The molecule has 1 unspecified atom stereocenters. The van der Waals surface area contributed by atoms with Gasteiger partial charge in [0.1, 0.15) is 5.75 Å². The molecule has 0 radical (unpaired) electrons. The Morgan fingerprint density at radius 1 is 1.44 bits per heavy atom. The topological polar surface area (TPSA) is 26.3 Å². The van der Waals surface area contributed by atoms with Crippen LogP contribution in [0.2, 0.25) is 0 Å². The molecule has 5 heteroatoms. The van der Waals surface area contributed by atoms with E-state index in [2.05, 4.69) is 4.74 Å². The Kier molecular flexibility index (Phi) is 4.24. The van der Waals surface area contributed by atoms with Gasteiger partial charge < -0.3 is 4.74 Å². The molecule has 1 rings (SSSR count).